The summed E-state index contributed by atoms with van der Waals surface area (Å²) in [6.45, 7) is 1.78. The van der Waals surface area contributed by atoms with Crippen molar-refractivity contribution in [2.24, 2.45) is 11.8 Å². The minimum atomic E-state index is -0.143. The Balaban J connectivity index is 2.22. The van der Waals surface area contributed by atoms with E-state index in [0.29, 0.717) is 11.5 Å². The number of benzene rings is 1. The monoisotopic (exact) mass is 222 g/mol. The van der Waals surface area contributed by atoms with E-state index in [-0.39, 0.29) is 11.9 Å². The second-order valence-corrected chi connectivity index (χ2v) is 4.70. The molecular formula is C13H19FN2. The van der Waals surface area contributed by atoms with Crippen LogP contribution in [0.15, 0.2) is 18.2 Å². The summed E-state index contributed by atoms with van der Waals surface area (Å²) in [4.78, 5) is 0. The van der Waals surface area contributed by atoms with Crippen molar-refractivity contribution >= 4 is 0 Å². The topological polar surface area (TPSA) is 38.0 Å². The molecule has 1 aromatic carbocycles. The van der Waals surface area contributed by atoms with Gasteiger partial charge in [-0.1, -0.05) is 25.0 Å². The van der Waals surface area contributed by atoms with Crippen molar-refractivity contribution in [1.29, 1.82) is 0 Å². The average Bonchev–Trinajstić information content (AvgIpc) is 2.78. The molecule has 1 unspecified atom stereocenters. The van der Waals surface area contributed by atoms with Crippen LogP contribution in [0.25, 0.3) is 0 Å². The Bertz CT molecular complexity index is 359. The number of hydrogen-bond acceptors (Lipinski definition) is 2. The zero-order valence-corrected chi connectivity index (χ0v) is 9.67. The molecule has 1 fully saturated rings. The van der Waals surface area contributed by atoms with E-state index in [9.17, 15) is 4.39 Å². The lowest BCUT2D eigenvalue weighted by Gasteiger charge is -2.23. The van der Waals surface area contributed by atoms with Crippen LogP contribution in [0.5, 0.6) is 0 Å². The predicted molar refractivity (Wildman–Crippen MR) is 63.2 cm³/mol. The normalized spacial score (nSPS) is 18.9. The lowest BCUT2D eigenvalue weighted by Crippen LogP contribution is -2.32. The Morgan fingerprint density at radius 3 is 2.62 bits per heavy atom. The van der Waals surface area contributed by atoms with Gasteiger partial charge < -0.3 is 0 Å². The van der Waals surface area contributed by atoms with Gasteiger partial charge in [-0.05, 0) is 42.9 Å². The molecule has 1 aromatic rings. The van der Waals surface area contributed by atoms with Gasteiger partial charge in [-0.25, -0.2) is 4.39 Å². The summed E-state index contributed by atoms with van der Waals surface area (Å²) in [5, 5.41) is 0. The van der Waals surface area contributed by atoms with E-state index in [1.807, 2.05) is 12.1 Å². The van der Waals surface area contributed by atoms with Crippen molar-refractivity contribution in [2.75, 3.05) is 0 Å². The van der Waals surface area contributed by atoms with Crippen LogP contribution in [0.1, 0.15) is 42.9 Å². The molecule has 1 atom stereocenters. The van der Waals surface area contributed by atoms with Crippen LogP contribution in [-0.2, 0) is 0 Å². The van der Waals surface area contributed by atoms with Gasteiger partial charge in [0.15, 0.2) is 0 Å². The molecule has 0 radical (unpaired) electrons. The summed E-state index contributed by atoms with van der Waals surface area (Å²) in [7, 11) is 0. The van der Waals surface area contributed by atoms with Crippen molar-refractivity contribution in [2.45, 2.75) is 38.6 Å². The fourth-order valence-corrected chi connectivity index (χ4v) is 2.60. The van der Waals surface area contributed by atoms with E-state index >= 15 is 0 Å². The van der Waals surface area contributed by atoms with Crippen molar-refractivity contribution in [1.82, 2.24) is 5.43 Å². The lowest BCUT2D eigenvalue weighted by molar-refractivity contribution is 0.372. The van der Waals surface area contributed by atoms with Gasteiger partial charge in [0.1, 0.15) is 5.82 Å². The first-order chi connectivity index (χ1) is 7.72. The first-order valence-corrected chi connectivity index (χ1v) is 5.94. The van der Waals surface area contributed by atoms with Crippen LogP contribution in [0.4, 0.5) is 4.39 Å². The van der Waals surface area contributed by atoms with E-state index in [1.165, 1.54) is 25.7 Å². The molecule has 0 aliphatic heterocycles. The van der Waals surface area contributed by atoms with Gasteiger partial charge in [-0.2, -0.15) is 0 Å². The van der Waals surface area contributed by atoms with Gasteiger partial charge in [-0.15, -0.1) is 0 Å². The summed E-state index contributed by atoms with van der Waals surface area (Å²) in [6.07, 6.45) is 4.89. The second-order valence-electron chi connectivity index (χ2n) is 4.70. The Hall–Kier alpha value is -0.930. The molecule has 0 amide bonds. The SMILES string of the molecule is Cc1ccc(C(NN)C2CCCC2)cc1F. The van der Waals surface area contributed by atoms with Crippen LogP contribution in [0.3, 0.4) is 0 Å². The molecule has 0 heterocycles. The molecule has 0 aromatic heterocycles. The maximum Gasteiger partial charge on any atom is 0.126 e. The predicted octanol–water partition coefficient (Wildman–Crippen LogP) is 2.83. The van der Waals surface area contributed by atoms with Crippen molar-refractivity contribution < 1.29 is 4.39 Å². The molecule has 2 nitrogen and oxygen atoms in total. The van der Waals surface area contributed by atoms with Crippen LogP contribution in [0.2, 0.25) is 0 Å². The smallest absolute Gasteiger partial charge is 0.126 e. The standard InChI is InChI=1S/C13H19FN2/c1-9-6-7-11(8-12(9)14)13(16-15)10-4-2-3-5-10/h6-8,10,13,16H,2-5,15H2,1H3. The highest BCUT2D eigenvalue weighted by atomic mass is 19.1. The van der Waals surface area contributed by atoms with Gasteiger partial charge in [0.25, 0.3) is 0 Å². The maximum absolute atomic E-state index is 13.5. The Morgan fingerprint density at radius 2 is 2.06 bits per heavy atom. The fourth-order valence-electron chi connectivity index (χ4n) is 2.60. The zero-order valence-electron chi connectivity index (χ0n) is 9.67. The van der Waals surface area contributed by atoms with Crippen LogP contribution < -0.4 is 11.3 Å². The Kier molecular flexibility index (Phi) is 3.56. The van der Waals surface area contributed by atoms with Gasteiger partial charge in [-0.3, -0.25) is 11.3 Å². The quantitative estimate of drug-likeness (QED) is 0.609. The van der Waals surface area contributed by atoms with Gasteiger partial charge in [0, 0.05) is 6.04 Å². The molecule has 0 spiro atoms. The van der Waals surface area contributed by atoms with E-state index in [2.05, 4.69) is 5.43 Å². The molecule has 0 bridgehead atoms. The number of nitrogens with two attached hydrogens (primary N) is 1. The number of rotatable bonds is 3. The summed E-state index contributed by atoms with van der Waals surface area (Å²) in [6, 6.07) is 5.50. The third kappa shape index (κ3) is 2.25. The number of hydrazine groups is 1. The number of hydrogen-bond donors (Lipinski definition) is 2. The molecule has 3 heteroatoms. The van der Waals surface area contributed by atoms with Crippen molar-refractivity contribution in [3.63, 3.8) is 0 Å². The molecule has 1 aliphatic rings. The van der Waals surface area contributed by atoms with Gasteiger partial charge in [0.2, 0.25) is 0 Å². The highest BCUT2D eigenvalue weighted by molar-refractivity contribution is 5.26. The average molecular weight is 222 g/mol. The summed E-state index contributed by atoms with van der Waals surface area (Å²) < 4.78 is 13.5. The summed E-state index contributed by atoms with van der Waals surface area (Å²) >= 11 is 0. The lowest BCUT2D eigenvalue weighted by atomic mass is 9.91. The van der Waals surface area contributed by atoms with Crippen molar-refractivity contribution in [3.05, 3.63) is 35.1 Å². The molecule has 3 N–H and O–H groups in total. The molecule has 0 saturated heterocycles. The minimum absolute atomic E-state index is 0.0950. The third-order valence-corrected chi connectivity index (χ3v) is 3.61. The highest BCUT2D eigenvalue weighted by Crippen LogP contribution is 2.35. The van der Waals surface area contributed by atoms with Crippen molar-refractivity contribution in [3.8, 4) is 0 Å². The highest BCUT2D eigenvalue weighted by Gasteiger charge is 2.25. The van der Waals surface area contributed by atoms with Crippen LogP contribution in [0, 0.1) is 18.7 Å². The molecular weight excluding hydrogens is 203 g/mol. The van der Waals surface area contributed by atoms with E-state index in [4.69, 9.17) is 5.84 Å². The summed E-state index contributed by atoms with van der Waals surface area (Å²) in [5.74, 6) is 6.01. The number of aryl methyl sites for hydroxylation is 1. The first-order valence-electron chi connectivity index (χ1n) is 5.94. The van der Waals surface area contributed by atoms with E-state index in [1.54, 1.807) is 13.0 Å². The van der Waals surface area contributed by atoms with Gasteiger partial charge >= 0.3 is 0 Å². The van der Waals surface area contributed by atoms with E-state index in [0.717, 1.165) is 5.56 Å². The van der Waals surface area contributed by atoms with Crippen LogP contribution in [-0.4, -0.2) is 0 Å². The third-order valence-electron chi connectivity index (χ3n) is 3.61. The number of halogens is 1. The Morgan fingerprint density at radius 1 is 1.38 bits per heavy atom. The second kappa shape index (κ2) is 4.93. The molecule has 16 heavy (non-hydrogen) atoms. The minimum Gasteiger partial charge on any atom is -0.271 e. The van der Waals surface area contributed by atoms with Crippen LogP contribution >= 0.6 is 0 Å². The molecule has 1 saturated carbocycles. The molecule has 1 aliphatic carbocycles. The van der Waals surface area contributed by atoms with E-state index < -0.39 is 0 Å². The maximum atomic E-state index is 13.5. The van der Waals surface area contributed by atoms with Gasteiger partial charge in [0.05, 0.1) is 0 Å². The summed E-state index contributed by atoms with van der Waals surface area (Å²) in [5.41, 5.74) is 4.50. The zero-order chi connectivity index (χ0) is 11.5. The molecule has 2 rings (SSSR count). The molecule has 88 valence electrons. The fraction of sp³-hybridized carbons (Fsp3) is 0.538. The first kappa shape index (κ1) is 11.6. The Labute approximate surface area is 96.0 Å². The number of nitrogens with one attached hydrogen (secondary N) is 1. The largest absolute Gasteiger partial charge is 0.271 e.